The summed E-state index contributed by atoms with van der Waals surface area (Å²) in [5.74, 6) is 0.114. The molecule has 0 fully saturated rings. The average Bonchev–Trinajstić information content (AvgIpc) is 2.75. The number of amides is 1. The van der Waals surface area contributed by atoms with E-state index in [2.05, 4.69) is 12.1 Å². The lowest BCUT2D eigenvalue weighted by atomic mass is 10.0. The lowest BCUT2D eigenvalue weighted by Crippen LogP contribution is -2.28. The van der Waals surface area contributed by atoms with Crippen LogP contribution in [0, 0.1) is 0 Å². The first kappa shape index (κ1) is 12.9. The van der Waals surface area contributed by atoms with Gasteiger partial charge in [-0.15, -0.1) is 0 Å². The quantitative estimate of drug-likeness (QED) is 0.925. The zero-order chi connectivity index (χ0) is 13.9. The predicted octanol–water partition coefficient (Wildman–Crippen LogP) is 2.73. The highest BCUT2D eigenvalue weighted by Crippen LogP contribution is 2.36. The van der Waals surface area contributed by atoms with Gasteiger partial charge < -0.3 is 10.6 Å². The predicted molar refractivity (Wildman–Crippen MR) is 79.2 cm³/mol. The normalized spacial score (nSPS) is 17.4. The topological polar surface area (TPSA) is 46.3 Å². The van der Waals surface area contributed by atoms with E-state index in [-0.39, 0.29) is 11.9 Å². The summed E-state index contributed by atoms with van der Waals surface area (Å²) in [5, 5.41) is 0. The van der Waals surface area contributed by atoms with Gasteiger partial charge in [0, 0.05) is 12.1 Å². The molecule has 0 radical (unpaired) electrons. The summed E-state index contributed by atoms with van der Waals surface area (Å²) >= 11 is 0. The van der Waals surface area contributed by atoms with Gasteiger partial charge in [0.25, 0.3) is 5.91 Å². The number of rotatable bonds is 4. The van der Waals surface area contributed by atoms with Crippen molar-refractivity contribution < 1.29 is 4.79 Å². The Morgan fingerprint density at radius 2 is 1.70 bits per heavy atom. The molecule has 102 valence electrons. The average molecular weight is 266 g/mol. The van der Waals surface area contributed by atoms with Crippen LogP contribution in [0.1, 0.15) is 33.9 Å². The molecule has 1 heterocycles. The minimum Gasteiger partial charge on any atom is -0.330 e. The first-order valence-corrected chi connectivity index (χ1v) is 6.95. The zero-order valence-electron chi connectivity index (χ0n) is 11.3. The first-order chi connectivity index (χ1) is 9.81. The fraction of sp³-hybridized carbons (Fsp3) is 0.235. The van der Waals surface area contributed by atoms with Crippen LogP contribution in [-0.4, -0.2) is 17.4 Å². The van der Waals surface area contributed by atoms with E-state index in [1.807, 2.05) is 47.4 Å². The van der Waals surface area contributed by atoms with Crippen molar-refractivity contribution in [3.63, 3.8) is 0 Å². The zero-order valence-corrected chi connectivity index (χ0v) is 11.3. The Hall–Kier alpha value is -2.13. The van der Waals surface area contributed by atoms with Crippen LogP contribution >= 0.6 is 0 Å². The molecule has 1 aliphatic heterocycles. The van der Waals surface area contributed by atoms with Crippen molar-refractivity contribution >= 4 is 5.91 Å². The van der Waals surface area contributed by atoms with E-state index >= 15 is 0 Å². The maximum atomic E-state index is 12.6. The molecule has 3 rings (SSSR count). The Morgan fingerprint density at radius 3 is 2.45 bits per heavy atom. The molecule has 1 atom stereocenters. The van der Waals surface area contributed by atoms with Crippen molar-refractivity contribution in [2.75, 3.05) is 6.54 Å². The molecule has 3 nitrogen and oxygen atoms in total. The van der Waals surface area contributed by atoms with E-state index in [1.54, 1.807) is 0 Å². The molecule has 0 saturated heterocycles. The monoisotopic (exact) mass is 266 g/mol. The number of hydrogen-bond acceptors (Lipinski definition) is 2. The lowest BCUT2D eigenvalue weighted by molar-refractivity contribution is 0.0704. The summed E-state index contributed by atoms with van der Waals surface area (Å²) in [6.07, 6.45) is 0.801. The van der Waals surface area contributed by atoms with Gasteiger partial charge >= 0.3 is 0 Å². The lowest BCUT2D eigenvalue weighted by Gasteiger charge is -2.25. The van der Waals surface area contributed by atoms with Gasteiger partial charge in [-0.05, 0) is 30.2 Å². The standard InChI is InChI=1S/C17H18N2O/c18-11-10-16-14-8-4-5-9-15(14)17(20)19(16)12-13-6-2-1-3-7-13/h1-9,16H,10-12,18H2. The Balaban J connectivity index is 1.92. The number of nitrogens with zero attached hydrogens (tertiary/aromatic N) is 1. The van der Waals surface area contributed by atoms with Gasteiger partial charge in [0.15, 0.2) is 0 Å². The SMILES string of the molecule is NCCC1c2ccccc2C(=O)N1Cc1ccccc1. The van der Waals surface area contributed by atoms with Crippen LogP contribution in [0.5, 0.6) is 0 Å². The van der Waals surface area contributed by atoms with E-state index in [9.17, 15) is 4.79 Å². The molecule has 2 aromatic carbocycles. The molecular formula is C17H18N2O. The number of nitrogens with two attached hydrogens (primary N) is 1. The van der Waals surface area contributed by atoms with E-state index in [0.29, 0.717) is 13.1 Å². The second-order valence-corrected chi connectivity index (χ2v) is 5.10. The largest absolute Gasteiger partial charge is 0.330 e. The van der Waals surface area contributed by atoms with Crippen LogP contribution in [0.4, 0.5) is 0 Å². The summed E-state index contributed by atoms with van der Waals surface area (Å²) in [7, 11) is 0. The molecule has 1 aliphatic rings. The summed E-state index contributed by atoms with van der Waals surface area (Å²) in [6.45, 7) is 1.22. The third kappa shape index (κ3) is 2.21. The Morgan fingerprint density at radius 1 is 1.00 bits per heavy atom. The fourth-order valence-electron chi connectivity index (χ4n) is 2.88. The maximum Gasteiger partial charge on any atom is 0.255 e. The van der Waals surface area contributed by atoms with Crippen LogP contribution < -0.4 is 5.73 Å². The second kappa shape index (κ2) is 5.47. The van der Waals surface area contributed by atoms with Gasteiger partial charge in [-0.25, -0.2) is 0 Å². The van der Waals surface area contributed by atoms with Gasteiger partial charge in [-0.1, -0.05) is 48.5 Å². The highest BCUT2D eigenvalue weighted by molar-refractivity contribution is 5.99. The highest BCUT2D eigenvalue weighted by atomic mass is 16.2. The molecular weight excluding hydrogens is 248 g/mol. The molecule has 20 heavy (non-hydrogen) atoms. The number of hydrogen-bond donors (Lipinski definition) is 1. The number of fused-ring (bicyclic) bond motifs is 1. The Bertz CT molecular complexity index is 609. The van der Waals surface area contributed by atoms with Gasteiger partial charge in [0.1, 0.15) is 0 Å². The van der Waals surface area contributed by atoms with Crippen LogP contribution in [0.25, 0.3) is 0 Å². The smallest absolute Gasteiger partial charge is 0.255 e. The van der Waals surface area contributed by atoms with Gasteiger partial charge in [0.2, 0.25) is 0 Å². The summed E-state index contributed by atoms with van der Waals surface area (Å²) < 4.78 is 0. The minimum absolute atomic E-state index is 0.101. The van der Waals surface area contributed by atoms with E-state index in [4.69, 9.17) is 5.73 Å². The third-order valence-electron chi connectivity index (χ3n) is 3.82. The third-order valence-corrected chi connectivity index (χ3v) is 3.82. The molecule has 0 aromatic heterocycles. The van der Waals surface area contributed by atoms with Crippen LogP contribution in [0.2, 0.25) is 0 Å². The van der Waals surface area contributed by atoms with Crippen molar-refractivity contribution in [3.8, 4) is 0 Å². The first-order valence-electron chi connectivity index (χ1n) is 6.95. The molecule has 0 aliphatic carbocycles. The number of benzene rings is 2. The summed E-state index contributed by atoms with van der Waals surface area (Å²) in [4.78, 5) is 14.5. The van der Waals surface area contributed by atoms with Crippen molar-refractivity contribution in [3.05, 3.63) is 71.3 Å². The fourth-order valence-corrected chi connectivity index (χ4v) is 2.88. The van der Waals surface area contributed by atoms with E-state index in [0.717, 1.165) is 23.1 Å². The molecule has 1 unspecified atom stereocenters. The number of carbonyl (C=O) groups excluding carboxylic acids is 1. The highest BCUT2D eigenvalue weighted by Gasteiger charge is 2.35. The van der Waals surface area contributed by atoms with Crippen molar-refractivity contribution in [2.45, 2.75) is 19.0 Å². The Labute approximate surface area is 119 Å². The molecule has 1 amide bonds. The summed E-state index contributed by atoms with van der Waals surface area (Å²) in [5.41, 5.74) is 8.81. The molecule has 3 heteroatoms. The van der Waals surface area contributed by atoms with E-state index < -0.39 is 0 Å². The molecule has 2 N–H and O–H groups in total. The van der Waals surface area contributed by atoms with Crippen LogP contribution in [0.3, 0.4) is 0 Å². The maximum absolute atomic E-state index is 12.6. The molecule has 0 spiro atoms. The molecule has 0 saturated carbocycles. The van der Waals surface area contributed by atoms with Gasteiger partial charge in [-0.3, -0.25) is 4.79 Å². The van der Waals surface area contributed by atoms with Crippen LogP contribution in [0.15, 0.2) is 54.6 Å². The van der Waals surface area contributed by atoms with Crippen molar-refractivity contribution in [1.82, 2.24) is 4.90 Å². The van der Waals surface area contributed by atoms with Gasteiger partial charge in [0.05, 0.1) is 6.04 Å². The van der Waals surface area contributed by atoms with Crippen LogP contribution in [-0.2, 0) is 6.54 Å². The minimum atomic E-state index is 0.101. The van der Waals surface area contributed by atoms with Gasteiger partial charge in [-0.2, -0.15) is 0 Å². The second-order valence-electron chi connectivity index (χ2n) is 5.10. The Kier molecular flexibility index (Phi) is 3.52. The molecule has 0 bridgehead atoms. The van der Waals surface area contributed by atoms with E-state index in [1.165, 1.54) is 0 Å². The summed E-state index contributed by atoms with van der Waals surface area (Å²) in [6, 6.07) is 18.0. The van der Waals surface area contributed by atoms with Crippen molar-refractivity contribution in [1.29, 1.82) is 0 Å². The molecule has 2 aromatic rings. The van der Waals surface area contributed by atoms with Crippen molar-refractivity contribution in [2.24, 2.45) is 5.73 Å². The number of carbonyl (C=O) groups is 1.